The molecule has 0 unspecified atom stereocenters. The average Bonchev–Trinajstić information content (AvgIpc) is 2.92. The van der Waals surface area contributed by atoms with E-state index in [1.165, 1.54) is 4.90 Å². The average molecular weight is 343 g/mol. The molecule has 3 fully saturated rings. The van der Waals surface area contributed by atoms with Crippen molar-refractivity contribution < 1.29 is 24.9 Å². The van der Waals surface area contributed by atoms with Gasteiger partial charge >= 0.3 is 6.09 Å². The molecule has 12 nitrogen and oxygen atoms in total. The summed E-state index contributed by atoms with van der Waals surface area (Å²) in [5.74, 6) is -2.56. The van der Waals surface area contributed by atoms with E-state index in [0.717, 1.165) is 0 Å². The minimum Gasteiger partial charge on any atom is -0.447 e. The summed E-state index contributed by atoms with van der Waals surface area (Å²) in [6.07, 6.45) is -0.900. The highest BCUT2D eigenvalue weighted by molar-refractivity contribution is 5.87. The van der Waals surface area contributed by atoms with Gasteiger partial charge in [0.05, 0.1) is 12.1 Å². The van der Waals surface area contributed by atoms with Crippen LogP contribution in [0.15, 0.2) is 0 Å². The van der Waals surface area contributed by atoms with Crippen molar-refractivity contribution in [1.82, 2.24) is 20.9 Å². The smallest absolute Gasteiger partial charge is 0.404 e. The lowest BCUT2D eigenvalue weighted by Gasteiger charge is -2.52. The van der Waals surface area contributed by atoms with Crippen LogP contribution < -0.4 is 21.7 Å². The van der Waals surface area contributed by atoms with Gasteiger partial charge in [0.15, 0.2) is 17.6 Å². The van der Waals surface area contributed by atoms with Crippen molar-refractivity contribution in [3.8, 4) is 0 Å². The Labute approximate surface area is 137 Å². The van der Waals surface area contributed by atoms with Crippen LogP contribution in [-0.2, 0) is 4.74 Å². The van der Waals surface area contributed by atoms with Crippen LogP contribution in [0.2, 0.25) is 0 Å². The summed E-state index contributed by atoms with van der Waals surface area (Å²) in [6.45, 7) is -0.412. The number of guanidine groups is 2. The van der Waals surface area contributed by atoms with Gasteiger partial charge in [0.25, 0.3) is 0 Å². The maximum atomic E-state index is 10.9. The highest BCUT2D eigenvalue weighted by atomic mass is 16.5. The van der Waals surface area contributed by atoms with Crippen LogP contribution in [0.5, 0.6) is 0 Å². The van der Waals surface area contributed by atoms with Gasteiger partial charge in [-0.1, -0.05) is 0 Å². The topological polar surface area (TPSA) is 200 Å². The molecule has 0 aromatic heterocycles. The number of nitrogens with zero attached hydrogens (tertiary/aromatic N) is 1. The van der Waals surface area contributed by atoms with Crippen LogP contribution in [-0.4, -0.2) is 81.0 Å². The number of ether oxygens (including phenoxy) is 1. The van der Waals surface area contributed by atoms with Crippen LogP contribution in [0.1, 0.15) is 12.8 Å². The summed E-state index contributed by atoms with van der Waals surface area (Å²) in [5.41, 5.74) is 3.37. The summed E-state index contributed by atoms with van der Waals surface area (Å²) in [5, 5.41) is 55.0. The van der Waals surface area contributed by atoms with E-state index in [9.17, 15) is 20.1 Å². The number of amides is 1. The van der Waals surface area contributed by atoms with Crippen molar-refractivity contribution in [3.63, 3.8) is 0 Å². The quantitative estimate of drug-likeness (QED) is 0.230. The third-order valence-corrected chi connectivity index (χ3v) is 4.77. The van der Waals surface area contributed by atoms with Gasteiger partial charge in [-0.05, 0) is 6.42 Å². The third-order valence-electron chi connectivity index (χ3n) is 4.77. The number of nitrogens with two attached hydrogens (primary N) is 1. The van der Waals surface area contributed by atoms with E-state index < -0.39 is 35.7 Å². The maximum Gasteiger partial charge on any atom is 0.404 e. The van der Waals surface area contributed by atoms with Crippen molar-refractivity contribution >= 4 is 18.0 Å². The number of carbonyl (C=O) groups excluding carboxylic acids is 1. The van der Waals surface area contributed by atoms with Crippen molar-refractivity contribution in [2.75, 3.05) is 13.2 Å². The zero-order valence-electron chi connectivity index (χ0n) is 12.7. The Hall–Kier alpha value is -2.31. The van der Waals surface area contributed by atoms with Crippen LogP contribution >= 0.6 is 0 Å². The van der Waals surface area contributed by atoms with Gasteiger partial charge in [-0.3, -0.25) is 10.8 Å². The minimum atomic E-state index is -2.29. The molecule has 0 bridgehead atoms. The molecule has 3 heterocycles. The first-order chi connectivity index (χ1) is 11.2. The second kappa shape index (κ2) is 5.36. The monoisotopic (exact) mass is 343 g/mol. The van der Waals surface area contributed by atoms with E-state index in [1.54, 1.807) is 0 Å². The molecule has 0 aliphatic carbocycles. The maximum absolute atomic E-state index is 10.9. The molecular formula is C12H21N7O5. The molecule has 1 spiro atoms. The molecule has 4 atom stereocenters. The first-order valence-electron chi connectivity index (χ1n) is 7.48. The second-order valence-corrected chi connectivity index (χ2v) is 6.17. The molecule has 10 N–H and O–H groups in total. The summed E-state index contributed by atoms with van der Waals surface area (Å²) in [6, 6.07) is -2.04. The fourth-order valence-electron chi connectivity index (χ4n) is 3.95. The first-order valence-corrected chi connectivity index (χ1v) is 7.48. The SMILES string of the molecule is N=C1N[C@H]2[C@H](COC(N)=O)NC(=N)N3[C@@H](CCO)CC(O)(O)[C@]23N1. The molecular weight excluding hydrogens is 322 g/mol. The lowest BCUT2D eigenvalue weighted by atomic mass is 9.86. The van der Waals surface area contributed by atoms with Gasteiger partial charge in [-0.25, -0.2) is 4.79 Å². The first kappa shape index (κ1) is 16.5. The number of primary amides is 1. The summed E-state index contributed by atoms with van der Waals surface area (Å²) >= 11 is 0. The molecule has 3 saturated heterocycles. The van der Waals surface area contributed by atoms with Crippen molar-refractivity contribution in [3.05, 3.63) is 0 Å². The predicted octanol–water partition coefficient (Wildman–Crippen LogP) is -3.68. The molecule has 134 valence electrons. The Morgan fingerprint density at radius 3 is 2.75 bits per heavy atom. The highest BCUT2D eigenvalue weighted by Crippen LogP contribution is 2.46. The lowest BCUT2D eigenvalue weighted by molar-refractivity contribution is -0.223. The van der Waals surface area contributed by atoms with Gasteiger partial charge in [0.2, 0.25) is 5.79 Å². The Bertz CT molecular complexity index is 584. The van der Waals surface area contributed by atoms with Crippen LogP contribution in [0.4, 0.5) is 4.79 Å². The number of aliphatic hydroxyl groups excluding tert-OH is 1. The number of nitrogens with one attached hydrogen (secondary N) is 5. The second-order valence-electron chi connectivity index (χ2n) is 6.17. The number of hydrogen-bond acceptors (Lipinski definition) is 7. The summed E-state index contributed by atoms with van der Waals surface area (Å²) in [4.78, 5) is 12.3. The van der Waals surface area contributed by atoms with Gasteiger partial charge in [-0.15, -0.1) is 0 Å². The van der Waals surface area contributed by atoms with Gasteiger partial charge < -0.3 is 46.6 Å². The third kappa shape index (κ3) is 2.14. The molecule has 0 saturated carbocycles. The van der Waals surface area contributed by atoms with E-state index in [0.29, 0.717) is 0 Å². The van der Waals surface area contributed by atoms with Gasteiger partial charge in [0.1, 0.15) is 6.61 Å². The Balaban J connectivity index is 2.00. The van der Waals surface area contributed by atoms with E-state index in [2.05, 4.69) is 16.0 Å². The zero-order valence-corrected chi connectivity index (χ0v) is 12.7. The molecule has 3 aliphatic rings. The van der Waals surface area contributed by atoms with E-state index in [1.807, 2.05) is 0 Å². The van der Waals surface area contributed by atoms with Gasteiger partial charge in [-0.2, -0.15) is 0 Å². The van der Waals surface area contributed by atoms with Crippen molar-refractivity contribution in [2.24, 2.45) is 5.73 Å². The van der Waals surface area contributed by atoms with Crippen LogP contribution in [0, 0.1) is 10.8 Å². The summed E-state index contributed by atoms with van der Waals surface area (Å²) < 4.78 is 4.78. The lowest BCUT2D eigenvalue weighted by Crippen LogP contribution is -2.80. The fraction of sp³-hybridized carbons (Fsp3) is 0.750. The van der Waals surface area contributed by atoms with E-state index in [-0.39, 0.29) is 38.0 Å². The molecule has 24 heavy (non-hydrogen) atoms. The Morgan fingerprint density at radius 1 is 1.42 bits per heavy atom. The van der Waals surface area contributed by atoms with Crippen molar-refractivity contribution in [1.29, 1.82) is 10.8 Å². The number of hydrogen-bond donors (Lipinski definition) is 9. The van der Waals surface area contributed by atoms with E-state index >= 15 is 0 Å². The summed E-state index contributed by atoms with van der Waals surface area (Å²) in [7, 11) is 0. The number of rotatable bonds is 4. The normalized spacial score (nSPS) is 36.3. The number of carbonyl (C=O) groups is 1. The van der Waals surface area contributed by atoms with Crippen LogP contribution in [0.25, 0.3) is 0 Å². The Kier molecular flexibility index (Phi) is 3.69. The predicted molar refractivity (Wildman–Crippen MR) is 79.8 cm³/mol. The zero-order chi connectivity index (χ0) is 17.7. The molecule has 0 aromatic carbocycles. The standard InChI is InChI=1S/C12H21N7O5/c13-8-17-7-6(4-24-10(15)21)16-9(14)19-5(1-2-20)3-11(22,23)12(7,19)18-8/h5-7,20,22-23H,1-4H2,(H2,14,16)(H2,15,21)(H3,13,17,18)/t5-,6-,7-,12-/m0/s1. The molecule has 0 radical (unpaired) electrons. The van der Waals surface area contributed by atoms with Crippen LogP contribution in [0.3, 0.4) is 0 Å². The minimum absolute atomic E-state index is 0.126. The highest BCUT2D eigenvalue weighted by Gasteiger charge is 2.72. The van der Waals surface area contributed by atoms with E-state index in [4.69, 9.17) is 21.3 Å². The van der Waals surface area contributed by atoms with Crippen molar-refractivity contribution in [2.45, 2.75) is 42.4 Å². The molecule has 3 rings (SSSR count). The molecule has 0 aromatic rings. The molecule has 12 heteroatoms. The van der Waals surface area contributed by atoms with Gasteiger partial charge in [0, 0.05) is 19.1 Å². The molecule has 3 aliphatic heterocycles. The largest absolute Gasteiger partial charge is 0.447 e. The number of aliphatic hydroxyl groups is 3. The fourth-order valence-corrected chi connectivity index (χ4v) is 3.95. The molecule has 1 amide bonds. The Morgan fingerprint density at radius 2 is 2.12 bits per heavy atom.